The lowest BCUT2D eigenvalue weighted by molar-refractivity contribution is -0.133. The van der Waals surface area contributed by atoms with Gasteiger partial charge in [-0.3, -0.25) is 14.4 Å². The third kappa shape index (κ3) is 6.51. The number of fused-ring (bicyclic) bond motifs is 3. The van der Waals surface area contributed by atoms with Crippen LogP contribution in [0.25, 0.3) is 21.8 Å². The molecule has 0 aliphatic heterocycles. The molecule has 2 amide bonds. The minimum atomic E-state index is -0.572. The van der Waals surface area contributed by atoms with Crippen LogP contribution in [0.5, 0.6) is 0 Å². The van der Waals surface area contributed by atoms with Crippen LogP contribution in [0.1, 0.15) is 63.7 Å². The molecular formula is C24H32N4O4. The molecule has 0 fully saturated rings. The van der Waals surface area contributed by atoms with Crippen molar-refractivity contribution in [3.63, 3.8) is 0 Å². The number of benzene rings is 2. The van der Waals surface area contributed by atoms with Gasteiger partial charge in [-0.05, 0) is 30.7 Å². The molecule has 32 heavy (non-hydrogen) atoms. The summed E-state index contributed by atoms with van der Waals surface area (Å²) in [5, 5.41) is 14.2. The van der Waals surface area contributed by atoms with E-state index < -0.39 is 12.5 Å². The van der Waals surface area contributed by atoms with Crippen LogP contribution >= 0.6 is 0 Å². The molecule has 0 bridgehead atoms. The molecule has 0 aliphatic rings. The second kappa shape index (κ2) is 12.2. The number of rotatable bonds is 13. The number of carbonyl (C=O) groups is 2. The Morgan fingerprint density at radius 3 is 2.75 bits per heavy atom. The number of imidazole rings is 1. The Balaban J connectivity index is 1.58. The summed E-state index contributed by atoms with van der Waals surface area (Å²) >= 11 is 0. The van der Waals surface area contributed by atoms with E-state index in [1.807, 2.05) is 36.4 Å². The van der Waals surface area contributed by atoms with Gasteiger partial charge in [-0.1, -0.05) is 56.5 Å². The van der Waals surface area contributed by atoms with Gasteiger partial charge in [0.15, 0.2) is 0 Å². The van der Waals surface area contributed by atoms with Crippen LogP contribution < -0.4 is 10.8 Å². The van der Waals surface area contributed by atoms with Crippen molar-refractivity contribution in [2.75, 3.05) is 13.2 Å². The highest BCUT2D eigenvalue weighted by Crippen LogP contribution is 2.26. The second-order valence-electron chi connectivity index (χ2n) is 7.91. The SMILES string of the molecule is CCCCONC(=O)CCCCC[C@H](NC(=O)CO)c1nc2c(ccc3ccccc32)[nH]1. The highest BCUT2D eigenvalue weighted by Gasteiger charge is 2.19. The van der Waals surface area contributed by atoms with Crippen LogP contribution in [0.3, 0.4) is 0 Å². The molecule has 0 saturated heterocycles. The Bertz CT molecular complexity index is 1030. The van der Waals surface area contributed by atoms with Crippen LogP contribution in [0.15, 0.2) is 36.4 Å². The smallest absolute Gasteiger partial charge is 0.246 e. The first-order valence-electron chi connectivity index (χ1n) is 11.3. The number of unbranched alkanes of at least 4 members (excludes halogenated alkanes) is 3. The normalized spacial score (nSPS) is 12.2. The average molecular weight is 441 g/mol. The summed E-state index contributed by atoms with van der Waals surface area (Å²) in [6.45, 7) is 2.02. The molecule has 1 aromatic heterocycles. The number of hydroxylamine groups is 1. The summed E-state index contributed by atoms with van der Waals surface area (Å²) in [6.07, 6.45) is 5.35. The van der Waals surface area contributed by atoms with Crippen molar-refractivity contribution in [2.24, 2.45) is 0 Å². The molecule has 172 valence electrons. The number of H-pyrrole nitrogens is 1. The van der Waals surface area contributed by atoms with E-state index >= 15 is 0 Å². The summed E-state index contributed by atoms with van der Waals surface area (Å²) in [5.41, 5.74) is 4.23. The van der Waals surface area contributed by atoms with Crippen molar-refractivity contribution in [2.45, 2.75) is 57.9 Å². The molecule has 8 heteroatoms. The van der Waals surface area contributed by atoms with Crippen LogP contribution in [0.4, 0.5) is 0 Å². The van der Waals surface area contributed by atoms with E-state index in [0.29, 0.717) is 25.3 Å². The largest absolute Gasteiger partial charge is 0.387 e. The van der Waals surface area contributed by atoms with E-state index in [4.69, 9.17) is 9.82 Å². The maximum absolute atomic E-state index is 11.9. The van der Waals surface area contributed by atoms with Gasteiger partial charge in [-0.2, -0.15) is 0 Å². The summed E-state index contributed by atoms with van der Waals surface area (Å²) in [6, 6.07) is 11.7. The molecule has 3 rings (SSSR count). The number of aromatic nitrogens is 2. The lowest BCUT2D eigenvalue weighted by Crippen LogP contribution is -2.31. The first-order valence-corrected chi connectivity index (χ1v) is 11.3. The molecule has 0 radical (unpaired) electrons. The summed E-state index contributed by atoms with van der Waals surface area (Å²) in [7, 11) is 0. The zero-order valence-corrected chi connectivity index (χ0v) is 18.5. The van der Waals surface area contributed by atoms with Gasteiger partial charge in [0.2, 0.25) is 11.8 Å². The number of aromatic amines is 1. The van der Waals surface area contributed by atoms with Crippen LogP contribution in [0.2, 0.25) is 0 Å². The van der Waals surface area contributed by atoms with Gasteiger partial charge in [0, 0.05) is 11.8 Å². The Hall–Kier alpha value is -2.97. The number of nitrogens with one attached hydrogen (secondary N) is 3. The van der Waals surface area contributed by atoms with Gasteiger partial charge in [0.25, 0.3) is 0 Å². The number of aliphatic hydroxyl groups excluding tert-OH is 1. The fraction of sp³-hybridized carbons (Fsp3) is 0.458. The van der Waals surface area contributed by atoms with Gasteiger partial charge < -0.3 is 15.4 Å². The monoisotopic (exact) mass is 440 g/mol. The number of hydrogen-bond acceptors (Lipinski definition) is 5. The molecule has 2 aromatic carbocycles. The van der Waals surface area contributed by atoms with E-state index in [9.17, 15) is 14.7 Å². The zero-order valence-electron chi connectivity index (χ0n) is 18.5. The predicted octanol–water partition coefficient (Wildman–Crippen LogP) is 3.66. The quantitative estimate of drug-likeness (QED) is 0.239. The molecule has 3 aromatic rings. The molecule has 1 atom stereocenters. The highest BCUT2D eigenvalue weighted by atomic mass is 16.6. The molecule has 0 spiro atoms. The maximum atomic E-state index is 11.9. The third-order valence-electron chi connectivity index (χ3n) is 5.39. The van der Waals surface area contributed by atoms with Gasteiger partial charge in [0.1, 0.15) is 12.4 Å². The lowest BCUT2D eigenvalue weighted by atomic mass is 10.1. The predicted molar refractivity (Wildman–Crippen MR) is 124 cm³/mol. The zero-order chi connectivity index (χ0) is 22.8. The number of amides is 2. The number of hydrogen-bond donors (Lipinski definition) is 4. The standard InChI is InChI=1S/C24H32N4O4/c1-2-3-15-32-28-21(30)12-6-4-5-11-20(25-22(31)16-29)24-26-19-14-13-17-9-7-8-10-18(17)23(19)27-24/h7-10,13-14,20,29H,2-6,11-12,15-16H2,1H3,(H,25,31)(H,26,27)(H,28,30)/t20-/m0/s1. The van der Waals surface area contributed by atoms with E-state index in [0.717, 1.165) is 53.9 Å². The van der Waals surface area contributed by atoms with Crippen molar-refractivity contribution in [1.29, 1.82) is 0 Å². The van der Waals surface area contributed by atoms with Gasteiger partial charge in [0.05, 0.1) is 23.7 Å². The van der Waals surface area contributed by atoms with Crippen molar-refractivity contribution in [1.82, 2.24) is 20.8 Å². The Morgan fingerprint density at radius 1 is 1.09 bits per heavy atom. The van der Waals surface area contributed by atoms with E-state index in [2.05, 4.69) is 22.7 Å². The van der Waals surface area contributed by atoms with Gasteiger partial charge in [-0.25, -0.2) is 10.5 Å². The van der Waals surface area contributed by atoms with Crippen molar-refractivity contribution < 1.29 is 19.5 Å². The topological polar surface area (TPSA) is 116 Å². The van der Waals surface area contributed by atoms with Crippen LogP contribution in [-0.2, 0) is 14.4 Å². The molecule has 4 N–H and O–H groups in total. The average Bonchev–Trinajstić information content (AvgIpc) is 3.25. The number of aliphatic hydroxyl groups is 1. The van der Waals surface area contributed by atoms with Gasteiger partial charge in [-0.15, -0.1) is 0 Å². The van der Waals surface area contributed by atoms with Crippen molar-refractivity contribution in [3.8, 4) is 0 Å². The van der Waals surface area contributed by atoms with E-state index in [-0.39, 0.29) is 11.9 Å². The minimum Gasteiger partial charge on any atom is -0.387 e. The fourth-order valence-electron chi connectivity index (χ4n) is 3.65. The van der Waals surface area contributed by atoms with Crippen molar-refractivity contribution in [3.05, 3.63) is 42.2 Å². The molecular weight excluding hydrogens is 408 g/mol. The Kier molecular flexibility index (Phi) is 9.01. The molecule has 1 heterocycles. The molecule has 0 aliphatic carbocycles. The first-order chi connectivity index (χ1) is 15.6. The Morgan fingerprint density at radius 2 is 1.94 bits per heavy atom. The van der Waals surface area contributed by atoms with Crippen LogP contribution in [0, 0.1) is 0 Å². The number of carbonyl (C=O) groups excluding carboxylic acids is 2. The fourth-order valence-corrected chi connectivity index (χ4v) is 3.65. The highest BCUT2D eigenvalue weighted by molar-refractivity contribution is 6.04. The lowest BCUT2D eigenvalue weighted by Gasteiger charge is -2.16. The Labute approximate surface area is 187 Å². The minimum absolute atomic E-state index is 0.115. The summed E-state index contributed by atoms with van der Waals surface area (Å²) < 4.78 is 0. The summed E-state index contributed by atoms with van der Waals surface area (Å²) in [5.74, 6) is 0.111. The molecule has 8 nitrogen and oxygen atoms in total. The summed E-state index contributed by atoms with van der Waals surface area (Å²) in [4.78, 5) is 36.9. The molecule has 0 saturated carbocycles. The third-order valence-corrected chi connectivity index (χ3v) is 5.39. The van der Waals surface area contributed by atoms with Gasteiger partial charge >= 0.3 is 0 Å². The van der Waals surface area contributed by atoms with Crippen molar-refractivity contribution >= 4 is 33.6 Å². The van der Waals surface area contributed by atoms with E-state index in [1.165, 1.54) is 0 Å². The molecule has 0 unspecified atom stereocenters. The number of nitrogens with zero attached hydrogens (tertiary/aromatic N) is 1. The first kappa shape index (κ1) is 23.7. The van der Waals surface area contributed by atoms with E-state index in [1.54, 1.807) is 0 Å². The van der Waals surface area contributed by atoms with Crippen LogP contribution in [-0.4, -0.2) is 40.1 Å². The maximum Gasteiger partial charge on any atom is 0.246 e. The second-order valence-corrected chi connectivity index (χ2v) is 7.91.